The van der Waals surface area contributed by atoms with Crippen molar-refractivity contribution in [2.75, 3.05) is 0 Å². The van der Waals surface area contributed by atoms with E-state index in [-0.39, 0.29) is 22.5 Å². The third kappa shape index (κ3) is 2.63. The van der Waals surface area contributed by atoms with Crippen LogP contribution >= 0.6 is 0 Å². The minimum atomic E-state index is -0.581. The molecular weight excluding hydrogens is 346 g/mol. The molecule has 2 unspecified atom stereocenters. The fourth-order valence-electron chi connectivity index (χ4n) is 5.44. The highest BCUT2D eigenvalue weighted by Crippen LogP contribution is 2.71. The van der Waals surface area contributed by atoms with Crippen molar-refractivity contribution in [3.8, 4) is 0 Å². The number of carbonyl (C=O) groups excluding carboxylic acids is 2. The molecule has 2 saturated carbocycles. The molecule has 2 atom stereocenters. The van der Waals surface area contributed by atoms with E-state index in [0.717, 1.165) is 24.0 Å². The molecule has 2 aliphatic carbocycles. The molecule has 4 rings (SSSR count). The monoisotopic (exact) mass is 375 g/mol. The number of ketones is 1. The number of Topliss-reactive ketones (excluding diaryl/α,β-unsaturated/α-hetero) is 1. The first-order valence-electron chi connectivity index (χ1n) is 10.2. The Morgan fingerprint density at radius 3 is 1.75 bits per heavy atom. The number of hydrogen-bond acceptors (Lipinski definition) is 2. The van der Waals surface area contributed by atoms with E-state index in [1.807, 2.05) is 41.3 Å². The minimum absolute atomic E-state index is 0.139. The molecule has 2 bridgehead atoms. The van der Waals surface area contributed by atoms with Crippen LogP contribution in [0.5, 0.6) is 0 Å². The third-order valence-corrected chi connectivity index (χ3v) is 7.83. The molecule has 2 fully saturated rings. The van der Waals surface area contributed by atoms with Crippen molar-refractivity contribution < 1.29 is 9.59 Å². The number of fused-ring (bicyclic) bond motifs is 2. The fourth-order valence-corrected chi connectivity index (χ4v) is 5.44. The van der Waals surface area contributed by atoms with Crippen LogP contribution in [0.3, 0.4) is 0 Å². The van der Waals surface area contributed by atoms with Gasteiger partial charge in [0.2, 0.25) is 5.91 Å². The Hall–Kier alpha value is -2.42. The van der Waals surface area contributed by atoms with Gasteiger partial charge in [-0.3, -0.25) is 9.59 Å². The molecule has 28 heavy (non-hydrogen) atoms. The van der Waals surface area contributed by atoms with Crippen molar-refractivity contribution in [3.63, 3.8) is 0 Å². The second-order valence-electron chi connectivity index (χ2n) is 9.27. The minimum Gasteiger partial charge on any atom is -0.334 e. The topological polar surface area (TPSA) is 37.4 Å². The molecule has 0 aromatic heterocycles. The van der Waals surface area contributed by atoms with E-state index in [0.29, 0.717) is 19.5 Å². The predicted octanol–water partition coefficient (Wildman–Crippen LogP) is 5.00. The van der Waals surface area contributed by atoms with E-state index in [4.69, 9.17) is 0 Å². The summed E-state index contributed by atoms with van der Waals surface area (Å²) in [5.41, 5.74) is 0.952. The Labute approximate surface area is 167 Å². The quantitative estimate of drug-likeness (QED) is 0.737. The Morgan fingerprint density at radius 1 is 0.857 bits per heavy atom. The van der Waals surface area contributed by atoms with Crippen molar-refractivity contribution in [1.82, 2.24) is 4.90 Å². The zero-order chi connectivity index (χ0) is 20.0. The molecule has 2 aliphatic rings. The Balaban J connectivity index is 1.70. The van der Waals surface area contributed by atoms with Gasteiger partial charge >= 0.3 is 0 Å². The van der Waals surface area contributed by atoms with Crippen LogP contribution in [0.4, 0.5) is 0 Å². The van der Waals surface area contributed by atoms with Crippen molar-refractivity contribution in [3.05, 3.63) is 71.8 Å². The molecule has 3 heteroatoms. The predicted molar refractivity (Wildman–Crippen MR) is 110 cm³/mol. The first kappa shape index (κ1) is 18.9. The molecule has 0 N–H and O–H groups in total. The molecule has 3 nitrogen and oxygen atoms in total. The van der Waals surface area contributed by atoms with E-state index >= 15 is 0 Å². The standard InChI is InChI=1S/C25H29NO2/c1-23(2)24(3)14-15-25(23,16-21(24)27)22(28)26(17-19-10-6-4-7-11-19)18-20-12-8-5-9-13-20/h4-13H,14-18H2,1-3H3. The number of carbonyl (C=O) groups is 2. The van der Waals surface area contributed by atoms with Crippen LogP contribution in [0, 0.1) is 16.2 Å². The third-order valence-electron chi connectivity index (χ3n) is 7.83. The normalized spacial score (nSPS) is 27.8. The van der Waals surface area contributed by atoms with Crippen LogP contribution in [-0.2, 0) is 22.7 Å². The summed E-state index contributed by atoms with van der Waals surface area (Å²) in [6.45, 7) is 7.46. The van der Waals surface area contributed by atoms with Gasteiger partial charge in [-0.05, 0) is 29.4 Å². The largest absolute Gasteiger partial charge is 0.334 e. The summed E-state index contributed by atoms with van der Waals surface area (Å²) in [6.07, 6.45) is 2.01. The van der Waals surface area contributed by atoms with E-state index < -0.39 is 5.41 Å². The number of nitrogens with zero attached hydrogens (tertiary/aromatic N) is 1. The number of rotatable bonds is 5. The lowest BCUT2D eigenvalue weighted by Gasteiger charge is -2.41. The first-order chi connectivity index (χ1) is 13.3. The van der Waals surface area contributed by atoms with Gasteiger partial charge in [0.05, 0.1) is 5.41 Å². The van der Waals surface area contributed by atoms with Gasteiger partial charge in [-0.2, -0.15) is 0 Å². The number of hydrogen-bond donors (Lipinski definition) is 0. The molecule has 146 valence electrons. The maximum atomic E-state index is 14.0. The summed E-state index contributed by atoms with van der Waals surface area (Å²) in [6, 6.07) is 20.3. The van der Waals surface area contributed by atoms with Crippen molar-refractivity contribution >= 4 is 11.7 Å². The van der Waals surface area contributed by atoms with Gasteiger partial charge in [0, 0.05) is 24.9 Å². The van der Waals surface area contributed by atoms with Crippen LogP contribution in [0.25, 0.3) is 0 Å². The van der Waals surface area contributed by atoms with Crippen molar-refractivity contribution in [1.29, 1.82) is 0 Å². The summed E-state index contributed by atoms with van der Waals surface area (Å²) in [5, 5.41) is 0. The molecule has 2 aromatic rings. The lowest BCUT2D eigenvalue weighted by Crippen LogP contribution is -2.48. The molecule has 0 spiro atoms. The van der Waals surface area contributed by atoms with Gasteiger partial charge in [-0.15, -0.1) is 0 Å². The molecule has 2 aromatic carbocycles. The van der Waals surface area contributed by atoms with E-state index in [1.165, 1.54) is 0 Å². The van der Waals surface area contributed by atoms with Crippen LogP contribution in [0.1, 0.15) is 51.2 Å². The first-order valence-corrected chi connectivity index (χ1v) is 10.2. The van der Waals surface area contributed by atoms with Crippen LogP contribution in [0.2, 0.25) is 0 Å². The highest BCUT2D eigenvalue weighted by molar-refractivity contribution is 5.99. The maximum absolute atomic E-state index is 14.0. The van der Waals surface area contributed by atoms with Crippen LogP contribution < -0.4 is 0 Å². The second-order valence-corrected chi connectivity index (χ2v) is 9.27. The summed E-state index contributed by atoms with van der Waals surface area (Å²) < 4.78 is 0. The Morgan fingerprint density at radius 2 is 1.36 bits per heavy atom. The zero-order valence-electron chi connectivity index (χ0n) is 17.1. The van der Waals surface area contributed by atoms with Crippen LogP contribution in [0.15, 0.2) is 60.7 Å². The van der Waals surface area contributed by atoms with Crippen LogP contribution in [-0.4, -0.2) is 16.6 Å². The van der Waals surface area contributed by atoms with E-state index in [9.17, 15) is 9.59 Å². The molecule has 0 radical (unpaired) electrons. The number of benzene rings is 2. The molecule has 0 heterocycles. The highest BCUT2D eigenvalue weighted by Gasteiger charge is 2.72. The molecule has 0 aliphatic heterocycles. The summed E-state index contributed by atoms with van der Waals surface area (Å²) >= 11 is 0. The average molecular weight is 376 g/mol. The van der Waals surface area contributed by atoms with Gasteiger partial charge in [0.1, 0.15) is 5.78 Å². The van der Waals surface area contributed by atoms with Gasteiger partial charge < -0.3 is 4.90 Å². The van der Waals surface area contributed by atoms with Gasteiger partial charge in [0.25, 0.3) is 0 Å². The summed E-state index contributed by atoms with van der Waals surface area (Å²) in [5.74, 6) is 0.399. The molecular formula is C25H29NO2. The number of amides is 1. The van der Waals surface area contributed by atoms with E-state index in [1.54, 1.807) is 0 Å². The van der Waals surface area contributed by atoms with E-state index in [2.05, 4.69) is 45.0 Å². The fraction of sp³-hybridized carbons (Fsp3) is 0.440. The lowest BCUT2D eigenvalue weighted by atomic mass is 9.64. The maximum Gasteiger partial charge on any atom is 0.230 e. The second kappa shape index (κ2) is 6.58. The highest BCUT2D eigenvalue weighted by atomic mass is 16.2. The van der Waals surface area contributed by atoms with Crippen molar-refractivity contribution in [2.24, 2.45) is 16.2 Å². The van der Waals surface area contributed by atoms with Gasteiger partial charge in [-0.1, -0.05) is 81.4 Å². The molecule has 0 saturated heterocycles. The summed E-state index contributed by atoms with van der Waals surface area (Å²) in [4.78, 5) is 28.8. The smallest absolute Gasteiger partial charge is 0.230 e. The van der Waals surface area contributed by atoms with Gasteiger partial charge in [-0.25, -0.2) is 0 Å². The Kier molecular flexibility index (Phi) is 4.45. The zero-order valence-corrected chi connectivity index (χ0v) is 17.1. The molecule has 1 amide bonds. The SMILES string of the molecule is CC12CCC(C(=O)N(Cc3ccccc3)Cc3ccccc3)(CC1=O)C2(C)C. The van der Waals surface area contributed by atoms with Gasteiger partial charge in [0.15, 0.2) is 0 Å². The lowest BCUT2D eigenvalue weighted by molar-refractivity contribution is -0.149. The van der Waals surface area contributed by atoms with Crippen molar-refractivity contribution in [2.45, 2.75) is 53.1 Å². The summed E-state index contributed by atoms with van der Waals surface area (Å²) in [7, 11) is 0. The average Bonchev–Trinajstić information content (AvgIpc) is 2.99. The Bertz CT molecular complexity index is 848.